The fourth-order valence-corrected chi connectivity index (χ4v) is 6.65. The number of amides is 2. The predicted molar refractivity (Wildman–Crippen MR) is 117 cm³/mol. The van der Waals surface area contributed by atoms with Crippen molar-refractivity contribution in [1.29, 1.82) is 0 Å². The van der Waals surface area contributed by atoms with Gasteiger partial charge in [0.15, 0.2) is 0 Å². The average molecular weight is 455 g/mol. The van der Waals surface area contributed by atoms with Gasteiger partial charge in [0.2, 0.25) is 11.8 Å². The van der Waals surface area contributed by atoms with Gasteiger partial charge in [0.1, 0.15) is 4.87 Å². The Bertz CT molecular complexity index is 1220. The molecule has 0 spiro atoms. The number of anilines is 1. The Balaban J connectivity index is 1.62. The van der Waals surface area contributed by atoms with Crippen LogP contribution in [0.25, 0.3) is 0 Å². The highest BCUT2D eigenvalue weighted by atomic mass is 35.5. The maximum absolute atomic E-state index is 13.7. The molecule has 1 saturated heterocycles. The van der Waals surface area contributed by atoms with E-state index in [1.54, 1.807) is 12.1 Å². The molecule has 6 heteroatoms. The largest absolute Gasteiger partial charge is 0.274 e. The molecule has 148 valence electrons. The second kappa shape index (κ2) is 6.10. The second-order valence-corrected chi connectivity index (χ2v) is 9.41. The van der Waals surface area contributed by atoms with Crippen LogP contribution >= 0.6 is 34.8 Å². The first kappa shape index (κ1) is 18.4. The van der Waals surface area contributed by atoms with E-state index in [0.29, 0.717) is 10.7 Å². The summed E-state index contributed by atoms with van der Waals surface area (Å²) < 4.78 is 0. The van der Waals surface area contributed by atoms with Crippen molar-refractivity contribution in [1.82, 2.24) is 0 Å². The Hall–Kier alpha value is -2.33. The van der Waals surface area contributed by atoms with Crippen molar-refractivity contribution in [2.24, 2.45) is 11.8 Å². The van der Waals surface area contributed by atoms with Crippen molar-refractivity contribution in [3.05, 3.63) is 99.0 Å². The fraction of sp³-hybridized carbons (Fsp3) is 0.167. The van der Waals surface area contributed by atoms with Crippen molar-refractivity contribution in [2.75, 3.05) is 4.90 Å². The van der Waals surface area contributed by atoms with Crippen LogP contribution in [0, 0.1) is 11.8 Å². The minimum absolute atomic E-state index is 0.226. The molecule has 3 aromatic carbocycles. The molecule has 2 bridgehead atoms. The van der Waals surface area contributed by atoms with E-state index in [9.17, 15) is 9.59 Å². The number of hydrogen-bond acceptors (Lipinski definition) is 2. The Morgan fingerprint density at radius 2 is 1.40 bits per heavy atom. The molecular weight excluding hydrogens is 441 g/mol. The average Bonchev–Trinajstić information content (AvgIpc) is 3.01. The van der Waals surface area contributed by atoms with E-state index in [-0.39, 0.29) is 22.8 Å². The maximum Gasteiger partial charge on any atom is 0.240 e. The Morgan fingerprint density at radius 1 is 0.800 bits per heavy atom. The Kier molecular flexibility index (Phi) is 3.75. The monoisotopic (exact) mass is 453 g/mol. The Morgan fingerprint density at radius 3 is 2.00 bits per heavy atom. The van der Waals surface area contributed by atoms with E-state index in [4.69, 9.17) is 34.8 Å². The molecule has 30 heavy (non-hydrogen) atoms. The highest BCUT2D eigenvalue weighted by Crippen LogP contribution is 2.66. The lowest BCUT2D eigenvalue weighted by molar-refractivity contribution is -0.122. The number of halogens is 3. The molecule has 7 rings (SSSR count). The molecule has 0 aromatic heterocycles. The number of hydrogen-bond donors (Lipinski definition) is 0. The molecule has 0 saturated carbocycles. The van der Waals surface area contributed by atoms with Gasteiger partial charge in [0.05, 0.1) is 22.5 Å². The molecule has 1 aliphatic heterocycles. The minimum Gasteiger partial charge on any atom is -0.274 e. The van der Waals surface area contributed by atoms with Crippen LogP contribution in [0.5, 0.6) is 0 Å². The van der Waals surface area contributed by atoms with Gasteiger partial charge in [-0.1, -0.05) is 71.7 Å². The standard InChI is InChI=1S/C24H14Cl3NO2/c25-12-9-10-18(17(26)11-12)28-22(29)20-19-13-5-1-3-7-15(13)24(27,21(20)23(28)30)16-8-4-2-6-14(16)19/h1-11,19-21H/t19?,20-,21+,24?/m0/s1. The van der Waals surface area contributed by atoms with Gasteiger partial charge in [-0.2, -0.15) is 0 Å². The maximum atomic E-state index is 13.7. The topological polar surface area (TPSA) is 37.4 Å². The molecule has 3 nitrogen and oxygen atoms in total. The highest BCUT2D eigenvalue weighted by molar-refractivity contribution is 6.39. The number of benzene rings is 3. The van der Waals surface area contributed by atoms with E-state index in [2.05, 4.69) is 0 Å². The summed E-state index contributed by atoms with van der Waals surface area (Å²) >= 11 is 19.8. The third-order valence-corrected chi connectivity index (χ3v) is 7.85. The van der Waals surface area contributed by atoms with Crippen molar-refractivity contribution in [3.8, 4) is 0 Å². The van der Waals surface area contributed by atoms with Gasteiger partial charge < -0.3 is 0 Å². The highest BCUT2D eigenvalue weighted by Gasteiger charge is 2.68. The molecule has 1 heterocycles. The molecule has 2 amide bonds. The van der Waals surface area contributed by atoms with E-state index < -0.39 is 16.7 Å². The number of imide groups is 1. The fourth-order valence-electron chi connectivity index (χ4n) is 5.58. The zero-order valence-corrected chi connectivity index (χ0v) is 17.7. The van der Waals surface area contributed by atoms with E-state index in [0.717, 1.165) is 22.3 Å². The summed E-state index contributed by atoms with van der Waals surface area (Å²) in [6, 6.07) is 20.5. The zero-order chi connectivity index (χ0) is 20.8. The minimum atomic E-state index is -1.10. The number of nitrogens with zero attached hydrogens (tertiary/aromatic N) is 1. The summed E-state index contributed by atoms with van der Waals surface area (Å²) in [4.78, 5) is 27.5. The first-order chi connectivity index (χ1) is 14.4. The van der Waals surface area contributed by atoms with Crippen LogP contribution in [0.1, 0.15) is 28.2 Å². The van der Waals surface area contributed by atoms with Gasteiger partial charge in [-0.25, -0.2) is 4.90 Å². The molecule has 0 radical (unpaired) electrons. The number of carbonyl (C=O) groups is 2. The smallest absolute Gasteiger partial charge is 0.240 e. The predicted octanol–water partition coefficient (Wildman–Crippen LogP) is 5.74. The first-order valence-corrected chi connectivity index (χ1v) is 10.8. The lowest BCUT2D eigenvalue weighted by Gasteiger charge is -2.50. The van der Waals surface area contributed by atoms with Gasteiger partial charge in [-0.05, 0) is 40.5 Å². The molecule has 2 atom stereocenters. The van der Waals surface area contributed by atoms with Crippen molar-refractivity contribution in [3.63, 3.8) is 0 Å². The van der Waals surface area contributed by atoms with E-state index in [1.165, 1.54) is 11.0 Å². The SMILES string of the molecule is O=C1[C@H]2C3c4ccccc4C(Cl)(c4ccccc43)[C@H]2C(=O)N1c1ccc(Cl)cc1Cl. The number of alkyl halides is 1. The Labute approximate surface area is 188 Å². The molecule has 3 aromatic rings. The quantitative estimate of drug-likeness (QED) is 0.347. The molecule has 1 fully saturated rings. The van der Waals surface area contributed by atoms with Crippen LogP contribution < -0.4 is 4.90 Å². The third kappa shape index (κ3) is 2.08. The summed E-state index contributed by atoms with van der Waals surface area (Å²) in [6.45, 7) is 0. The lowest BCUT2D eigenvalue weighted by Crippen LogP contribution is -2.50. The molecule has 3 aliphatic carbocycles. The van der Waals surface area contributed by atoms with Crippen LogP contribution in [0.4, 0.5) is 5.69 Å². The van der Waals surface area contributed by atoms with E-state index >= 15 is 0 Å². The van der Waals surface area contributed by atoms with Crippen LogP contribution in [0.2, 0.25) is 10.0 Å². The first-order valence-electron chi connectivity index (χ1n) is 9.65. The normalized spacial score (nSPS) is 28.4. The summed E-state index contributed by atoms with van der Waals surface area (Å²) in [5, 5.41) is 0.697. The molecular formula is C24H14Cl3NO2. The van der Waals surface area contributed by atoms with Gasteiger partial charge in [0, 0.05) is 10.9 Å². The number of carbonyl (C=O) groups excluding carboxylic acids is 2. The molecule has 0 unspecified atom stereocenters. The summed E-state index contributed by atoms with van der Waals surface area (Å²) in [5.41, 5.74) is 4.18. The zero-order valence-electron chi connectivity index (χ0n) is 15.5. The van der Waals surface area contributed by atoms with Crippen molar-refractivity contribution in [2.45, 2.75) is 10.8 Å². The summed E-state index contributed by atoms with van der Waals surface area (Å²) in [6.07, 6.45) is 0. The summed E-state index contributed by atoms with van der Waals surface area (Å²) in [5.74, 6) is -2.10. The second-order valence-electron chi connectivity index (χ2n) is 7.98. The van der Waals surface area contributed by atoms with Gasteiger partial charge in [-0.15, -0.1) is 11.6 Å². The van der Waals surface area contributed by atoms with Crippen molar-refractivity contribution >= 4 is 52.3 Å². The van der Waals surface area contributed by atoms with Crippen molar-refractivity contribution < 1.29 is 9.59 Å². The number of rotatable bonds is 1. The van der Waals surface area contributed by atoms with E-state index in [1.807, 2.05) is 48.5 Å². The third-order valence-electron chi connectivity index (χ3n) is 6.67. The van der Waals surface area contributed by atoms with Crippen LogP contribution in [-0.4, -0.2) is 11.8 Å². The summed E-state index contributed by atoms with van der Waals surface area (Å²) in [7, 11) is 0. The lowest BCUT2D eigenvalue weighted by atomic mass is 9.54. The van der Waals surface area contributed by atoms with Crippen LogP contribution in [0.3, 0.4) is 0 Å². The molecule has 0 N–H and O–H groups in total. The van der Waals surface area contributed by atoms with Crippen LogP contribution in [0.15, 0.2) is 66.7 Å². The van der Waals surface area contributed by atoms with Crippen LogP contribution in [-0.2, 0) is 14.5 Å². The van der Waals surface area contributed by atoms with Gasteiger partial charge >= 0.3 is 0 Å². The molecule has 4 aliphatic rings. The van der Waals surface area contributed by atoms with Gasteiger partial charge in [0.25, 0.3) is 0 Å². The van der Waals surface area contributed by atoms with Gasteiger partial charge in [-0.3, -0.25) is 9.59 Å².